The van der Waals surface area contributed by atoms with Crippen molar-refractivity contribution in [3.05, 3.63) is 64.5 Å². The molecule has 3 aromatic rings. The summed E-state index contributed by atoms with van der Waals surface area (Å²) in [6.45, 7) is 1.08. The molecular formula is C28H28F6N4O6. The van der Waals surface area contributed by atoms with Crippen molar-refractivity contribution in [2.75, 3.05) is 25.6 Å². The third-order valence-corrected chi connectivity index (χ3v) is 6.75. The van der Waals surface area contributed by atoms with Crippen molar-refractivity contribution < 1.29 is 55.2 Å². The third-order valence-electron chi connectivity index (χ3n) is 6.75. The summed E-state index contributed by atoms with van der Waals surface area (Å²) in [6, 6.07) is 8.05. The number of benzene rings is 1. The molecule has 1 unspecified atom stereocenters. The molecule has 1 aliphatic heterocycles. The zero-order valence-electron chi connectivity index (χ0n) is 23.6. The van der Waals surface area contributed by atoms with Crippen LogP contribution in [-0.2, 0) is 51.9 Å². The van der Waals surface area contributed by atoms with E-state index in [2.05, 4.69) is 25.2 Å². The SMILES string of the molecule is COc1ccc(C(F)(F)F)cc1C(CC(=O)OOC(=O)C(F)(F)F)Cc1cc(OCCc2ccc3c(n2)NCCC3)n(C)n1. The molecule has 4 rings (SSSR count). The van der Waals surface area contributed by atoms with Crippen LogP contribution in [0.5, 0.6) is 11.6 Å². The molecule has 0 amide bonds. The van der Waals surface area contributed by atoms with Gasteiger partial charge in [-0.2, -0.15) is 31.4 Å². The van der Waals surface area contributed by atoms with Crippen molar-refractivity contribution in [1.82, 2.24) is 14.8 Å². The van der Waals surface area contributed by atoms with Crippen molar-refractivity contribution in [3.8, 4) is 11.6 Å². The van der Waals surface area contributed by atoms with Crippen molar-refractivity contribution in [2.45, 2.75) is 50.4 Å². The fraction of sp³-hybridized carbons (Fsp3) is 0.429. The van der Waals surface area contributed by atoms with Crippen LogP contribution < -0.4 is 14.8 Å². The maximum Gasteiger partial charge on any atom is 0.495 e. The van der Waals surface area contributed by atoms with Gasteiger partial charge in [-0.3, -0.25) is 0 Å². The van der Waals surface area contributed by atoms with Crippen LogP contribution >= 0.6 is 0 Å². The van der Waals surface area contributed by atoms with Crippen molar-refractivity contribution >= 4 is 17.8 Å². The summed E-state index contributed by atoms with van der Waals surface area (Å²) in [6.07, 6.45) is -8.68. The predicted octanol–water partition coefficient (Wildman–Crippen LogP) is 5.10. The fourth-order valence-electron chi connectivity index (χ4n) is 4.65. The molecule has 1 N–H and O–H groups in total. The largest absolute Gasteiger partial charge is 0.496 e. The molecule has 0 radical (unpaired) electrons. The number of nitrogens with zero attached hydrogens (tertiary/aromatic N) is 3. The Kier molecular flexibility index (Phi) is 9.89. The van der Waals surface area contributed by atoms with E-state index in [0.717, 1.165) is 54.7 Å². The Morgan fingerprint density at radius 1 is 1.05 bits per heavy atom. The van der Waals surface area contributed by atoms with E-state index in [4.69, 9.17) is 9.47 Å². The van der Waals surface area contributed by atoms with E-state index in [-0.39, 0.29) is 30.0 Å². The van der Waals surface area contributed by atoms with Gasteiger partial charge in [0.25, 0.3) is 0 Å². The predicted molar refractivity (Wildman–Crippen MR) is 141 cm³/mol. The van der Waals surface area contributed by atoms with E-state index in [9.17, 15) is 35.9 Å². The van der Waals surface area contributed by atoms with Gasteiger partial charge in [0.15, 0.2) is 0 Å². The number of fused-ring (bicyclic) bond motifs is 1. The highest BCUT2D eigenvalue weighted by atomic mass is 19.4. The van der Waals surface area contributed by atoms with Crippen LogP contribution in [-0.4, -0.2) is 53.1 Å². The molecule has 0 bridgehead atoms. The number of pyridine rings is 1. The van der Waals surface area contributed by atoms with Gasteiger partial charge in [0, 0.05) is 37.7 Å². The molecule has 0 aliphatic carbocycles. The summed E-state index contributed by atoms with van der Waals surface area (Å²) in [7, 11) is 2.78. The number of hydrogen-bond acceptors (Lipinski definition) is 9. The van der Waals surface area contributed by atoms with Crippen LogP contribution in [0.4, 0.5) is 32.2 Å². The van der Waals surface area contributed by atoms with Crippen LogP contribution in [0.2, 0.25) is 0 Å². The lowest BCUT2D eigenvalue weighted by Crippen LogP contribution is -2.27. The summed E-state index contributed by atoms with van der Waals surface area (Å²) >= 11 is 0. The maximum atomic E-state index is 13.5. The van der Waals surface area contributed by atoms with Gasteiger partial charge in [0.05, 0.1) is 31.4 Å². The lowest BCUT2D eigenvalue weighted by Gasteiger charge is -2.20. The maximum absolute atomic E-state index is 13.5. The molecule has 238 valence electrons. The minimum atomic E-state index is -5.43. The van der Waals surface area contributed by atoms with Crippen LogP contribution in [0.15, 0.2) is 36.4 Å². The minimum Gasteiger partial charge on any atom is -0.496 e. The number of nitrogens with one attached hydrogen (secondary N) is 1. The van der Waals surface area contributed by atoms with Gasteiger partial charge in [0.1, 0.15) is 11.6 Å². The van der Waals surface area contributed by atoms with Crippen molar-refractivity contribution in [3.63, 3.8) is 0 Å². The van der Waals surface area contributed by atoms with Crippen LogP contribution in [0.25, 0.3) is 0 Å². The first-order valence-corrected chi connectivity index (χ1v) is 13.4. The number of carbonyl (C=O) groups excluding carboxylic acids is 2. The Labute approximate surface area is 247 Å². The van der Waals surface area contributed by atoms with Crippen LogP contribution in [0, 0.1) is 0 Å². The standard InChI is InChI=1S/C28H28F6N4O6/c1-38-23(42-11-9-19-7-5-16-4-3-10-35-25(16)36-19)15-20(37-38)12-17(13-24(39)43-44-26(40)28(32,33)34)21-14-18(27(29,30)31)6-8-22(21)41-2/h5-8,14-15,17H,3-4,9-13H2,1-2H3,(H,35,36). The lowest BCUT2D eigenvalue weighted by atomic mass is 9.89. The van der Waals surface area contributed by atoms with E-state index in [1.165, 1.54) is 17.9 Å². The summed E-state index contributed by atoms with van der Waals surface area (Å²) in [4.78, 5) is 35.5. The van der Waals surface area contributed by atoms with Gasteiger partial charge in [-0.15, -0.1) is 0 Å². The number of hydrogen-bond donors (Lipinski definition) is 1. The van der Waals surface area contributed by atoms with E-state index in [0.29, 0.717) is 12.3 Å². The van der Waals surface area contributed by atoms with Crippen molar-refractivity contribution in [1.29, 1.82) is 0 Å². The Morgan fingerprint density at radius 2 is 1.82 bits per heavy atom. The second kappa shape index (κ2) is 13.4. The first-order valence-electron chi connectivity index (χ1n) is 13.4. The Hall–Kier alpha value is -4.50. The minimum absolute atomic E-state index is 0.0254. The number of carbonyl (C=O) groups is 2. The number of halogens is 6. The third kappa shape index (κ3) is 8.32. The van der Waals surface area contributed by atoms with Crippen molar-refractivity contribution in [2.24, 2.45) is 7.05 Å². The molecule has 16 heteroatoms. The van der Waals surface area contributed by atoms with Gasteiger partial charge >= 0.3 is 24.3 Å². The summed E-state index contributed by atoms with van der Waals surface area (Å²) in [5.41, 5.74) is 1.09. The number of alkyl halides is 6. The van der Waals surface area contributed by atoms with Gasteiger partial charge < -0.3 is 14.8 Å². The van der Waals surface area contributed by atoms with E-state index in [1.807, 2.05) is 12.1 Å². The summed E-state index contributed by atoms with van der Waals surface area (Å²) in [5, 5.41) is 7.58. The molecule has 0 saturated heterocycles. The van der Waals surface area contributed by atoms with Crippen LogP contribution in [0.1, 0.15) is 46.8 Å². The topological polar surface area (TPSA) is 114 Å². The monoisotopic (exact) mass is 630 g/mol. The Morgan fingerprint density at radius 3 is 2.52 bits per heavy atom. The zero-order chi connectivity index (χ0) is 32.1. The molecule has 44 heavy (non-hydrogen) atoms. The van der Waals surface area contributed by atoms with E-state index >= 15 is 0 Å². The van der Waals surface area contributed by atoms with Gasteiger partial charge in [-0.1, -0.05) is 6.07 Å². The highest BCUT2D eigenvalue weighted by Crippen LogP contribution is 2.38. The summed E-state index contributed by atoms with van der Waals surface area (Å²) < 4.78 is 90.3. The molecule has 1 atom stereocenters. The Balaban J connectivity index is 1.50. The molecule has 3 heterocycles. The number of rotatable bonds is 10. The lowest BCUT2D eigenvalue weighted by molar-refractivity contribution is -0.286. The Bertz CT molecular complexity index is 1490. The van der Waals surface area contributed by atoms with Gasteiger partial charge in [-0.05, 0) is 54.7 Å². The zero-order valence-corrected chi connectivity index (χ0v) is 23.6. The first kappa shape index (κ1) is 32.4. The van der Waals surface area contributed by atoms with Gasteiger partial charge in [0.2, 0.25) is 5.88 Å². The molecular weight excluding hydrogens is 602 g/mol. The fourth-order valence-corrected chi connectivity index (χ4v) is 4.65. The molecule has 1 aromatic carbocycles. The number of methoxy groups -OCH3 is 1. The molecule has 1 aliphatic rings. The van der Waals surface area contributed by atoms with E-state index in [1.54, 1.807) is 7.05 Å². The molecule has 10 nitrogen and oxygen atoms in total. The first-order chi connectivity index (χ1) is 20.7. The molecule has 0 fully saturated rings. The highest BCUT2D eigenvalue weighted by Gasteiger charge is 2.43. The quantitative estimate of drug-likeness (QED) is 0.186. The smallest absolute Gasteiger partial charge is 0.495 e. The second-order valence-electron chi connectivity index (χ2n) is 9.92. The average molecular weight is 631 g/mol. The summed E-state index contributed by atoms with van der Waals surface area (Å²) in [5.74, 6) is -4.23. The number of aryl methyl sites for hydroxylation is 2. The second-order valence-corrected chi connectivity index (χ2v) is 9.92. The average Bonchev–Trinajstić information content (AvgIpc) is 3.32. The van der Waals surface area contributed by atoms with Crippen LogP contribution in [0.3, 0.4) is 0 Å². The molecule has 0 spiro atoms. The molecule has 0 saturated carbocycles. The molecule has 2 aromatic heterocycles. The number of anilines is 1. The van der Waals surface area contributed by atoms with E-state index < -0.39 is 42.2 Å². The normalized spacial score (nSPS) is 13.8. The van der Waals surface area contributed by atoms with Gasteiger partial charge in [-0.25, -0.2) is 29.0 Å². The number of ether oxygens (including phenoxy) is 2. The highest BCUT2D eigenvalue weighted by molar-refractivity contribution is 5.77. The number of aromatic nitrogens is 3.